The zero-order chi connectivity index (χ0) is 14.3. The lowest BCUT2D eigenvalue weighted by molar-refractivity contribution is -0.124. The molecule has 20 heavy (non-hydrogen) atoms. The van der Waals surface area contributed by atoms with Crippen LogP contribution in [0.15, 0.2) is 24.3 Å². The summed E-state index contributed by atoms with van der Waals surface area (Å²) in [4.78, 5) is 11.4. The third kappa shape index (κ3) is 6.16. The molecule has 0 aromatic heterocycles. The van der Waals surface area contributed by atoms with Gasteiger partial charge in [-0.05, 0) is 18.1 Å². The molecule has 1 rings (SSSR count). The van der Waals surface area contributed by atoms with Crippen LogP contribution >= 0.6 is 12.4 Å². The van der Waals surface area contributed by atoms with Crippen molar-refractivity contribution in [2.75, 3.05) is 19.7 Å². The van der Waals surface area contributed by atoms with Gasteiger partial charge in [0.1, 0.15) is 5.75 Å². The predicted molar refractivity (Wildman–Crippen MR) is 75.6 cm³/mol. The molecule has 0 heterocycles. The van der Waals surface area contributed by atoms with Gasteiger partial charge in [-0.1, -0.05) is 25.1 Å². The number of alkyl halides is 2. The monoisotopic (exact) mass is 308 g/mol. The van der Waals surface area contributed by atoms with Crippen molar-refractivity contribution in [3.63, 3.8) is 0 Å². The molecule has 0 atom stereocenters. The van der Waals surface area contributed by atoms with Crippen LogP contribution in [0.1, 0.15) is 12.5 Å². The summed E-state index contributed by atoms with van der Waals surface area (Å²) in [7, 11) is 0. The van der Waals surface area contributed by atoms with Gasteiger partial charge >= 0.3 is 0 Å². The van der Waals surface area contributed by atoms with Crippen LogP contribution in [0.2, 0.25) is 0 Å². The molecular weight excluding hydrogens is 290 g/mol. The number of nitrogens with one attached hydrogen (secondary N) is 1. The quantitative estimate of drug-likeness (QED) is 0.807. The van der Waals surface area contributed by atoms with E-state index in [1.807, 2.05) is 19.1 Å². The standard InChI is InChI=1S/C13H18F2N2O2.ClH/c1-2-10-5-3-4-6-11(10)19-7-12(18)17-9-13(14,15)8-16;/h3-6H,2,7-9,16H2,1H3,(H,17,18);1H. The van der Waals surface area contributed by atoms with E-state index >= 15 is 0 Å². The summed E-state index contributed by atoms with van der Waals surface area (Å²) >= 11 is 0. The maximum absolute atomic E-state index is 12.8. The first-order valence-electron chi connectivity index (χ1n) is 6.04. The molecule has 3 N–H and O–H groups in total. The van der Waals surface area contributed by atoms with Gasteiger partial charge in [-0.15, -0.1) is 12.4 Å². The third-order valence-corrected chi connectivity index (χ3v) is 2.56. The van der Waals surface area contributed by atoms with Gasteiger partial charge in [0.05, 0.1) is 13.1 Å². The number of hydrogen-bond donors (Lipinski definition) is 2. The van der Waals surface area contributed by atoms with Crippen molar-refractivity contribution >= 4 is 18.3 Å². The highest BCUT2D eigenvalue weighted by atomic mass is 35.5. The van der Waals surface area contributed by atoms with E-state index in [0.29, 0.717) is 5.75 Å². The van der Waals surface area contributed by atoms with Gasteiger partial charge in [-0.3, -0.25) is 4.79 Å². The average Bonchev–Trinajstić information content (AvgIpc) is 2.43. The van der Waals surface area contributed by atoms with E-state index in [4.69, 9.17) is 10.5 Å². The Kier molecular flexibility index (Phi) is 8.10. The summed E-state index contributed by atoms with van der Waals surface area (Å²) in [6, 6.07) is 7.28. The molecule has 0 aliphatic rings. The van der Waals surface area contributed by atoms with Crippen LogP contribution in [0.5, 0.6) is 5.75 Å². The Hall–Kier alpha value is -1.40. The lowest BCUT2D eigenvalue weighted by Crippen LogP contribution is -2.43. The van der Waals surface area contributed by atoms with Gasteiger partial charge in [0, 0.05) is 0 Å². The van der Waals surface area contributed by atoms with E-state index in [-0.39, 0.29) is 19.0 Å². The maximum atomic E-state index is 12.8. The minimum Gasteiger partial charge on any atom is -0.483 e. The fraction of sp³-hybridized carbons (Fsp3) is 0.462. The molecule has 7 heteroatoms. The van der Waals surface area contributed by atoms with Crippen LogP contribution < -0.4 is 15.8 Å². The number of halogens is 3. The molecule has 0 radical (unpaired) electrons. The van der Waals surface area contributed by atoms with Crippen LogP contribution in [0.3, 0.4) is 0 Å². The Labute approximate surface area is 123 Å². The SMILES string of the molecule is CCc1ccccc1OCC(=O)NCC(F)(F)CN.Cl. The van der Waals surface area contributed by atoms with Crippen molar-refractivity contribution < 1.29 is 18.3 Å². The van der Waals surface area contributed by atoms with Crippen molar-refractivity contribution in [3.8, 4) is 5.75 Å². The summed E-state index contributed by atoms with van der Waals surface area (Å²) in [5.74, 6) is -3.10. The van der Waals surface area contributed by atoms with E-state index < -0.39 is 24.9 Å². The second kappa shape index (κ2) is 8.71. The van der Waals surface area contributed by atoms with Gasteiger partial charge in [0.2, 0.25) is 0 Å². The van der Waals surface area contributed by atoms with E-state index in [1.165, 1.54) is 0 Å². The first kappa shape index (κ1) is 18.6. The van der Waals surface area contributed by atoms with Gasteiger partial charge in [0.15, 0.2) is 6.61 Å². The summed E-state index contributed by atoms with van der Waals surface area (Å²) in [5, 5.41) is 2.09. The van der Waals surface area contributed by atoms with Gasteiger partial charge < -0.3 is 15.8 Å². The number of carbonyl (C=O) groups excluding carboxylic acids is 1. The van der Waals surface area contributed by atoms with E-state index in [2.05, 4.69) is 5.32 Å². The molecule has 0 bridgehead atoms. The van der Waals surface area contributed by atoms with Gasteiger partial charge in [-0.25, -0.2) is 8.78 Å². The highest BCUT2D eigenvalue weighted by Crippen LogP contribution is 2.18. The fourth-order valence-corrected chi connectivity index (χ4v) is 1.43. The lowest BCUT2D eigenvalue weighted by atomic mass is 10.1. The Bertz CT molecular complexity index is 431. The number of hydrogen-bond acceptors (Lipinski definition) is 3. The lowest BCUT2D eigenvalue weighted by Gasteiger charge is -2.15. The predicted octanol–water partition coefficient (Wildman–Crippen LogP) is 1.76. The van der Waals surface area contributed by atoms with E-state index in [9.17, 15) is 13.6 Å². The van der Waals surface area contributed by atoms with Crippen LogP contribution in [0.25, 0.3) is 0 Å². The summed E-state index contributed by atoms with van der Waals surface area (Å²) in [6.45, 7) is 0.0929. The Morgan fingerprint density at radius 2 is 2.05 bits per heavy atom. The molecule has 4 nitrogen and oxygen atoms in total. The van der Waals surface area contributed by atoms with E-state index in [1.54, 1.807) is 12.1 Å². The smallest absolute Gasteiger partial charge is 0.277 e. The number of carbonyl (C=O) groups is 1. The number of ether oxygens (including phenoxy) is 1. The molecule has 0 saturated heterocycles. The second-order valence-electron chi connectivity index (χ2n) is 4.09. The molecule has 0 aliphatic carbocycles. The highest BCUT2D eigenvalue weighted by molar-refractivity contribution is 5.85. The molecule has 0 spiro atoms. The Balaban J connectivity index is 0.00000361. The topological polar surface area (TPSA) is 64.3 Å². The van der Waals surface area contributed by atoms with Crippen LogP contribution in [-0.4, -0.2) is 31.5 Å². The zero-order valence-corrected chi connectivity index (χ0v) is 12.0. The third-order valence-electron chi connectivity index (χ3n) is 2.56. The van der Waals surface area contributed by atoms with Gasteiger partial charge in [-0.2, -0.15) is 0 Å². The number of nitrogens with two attached hydrogens (primary N) is 1. The number of benzene rings is 1. The molecule has 0 fully saturated rings. The maximum Gasteiger partial charge on any atom is 0.277 e. The summed E-state index contributed by atoms with van der Waals surface area (Å²) in [5.41, 5.74) is 5.82. The average molecular weight is 309 g/mol. The Morgan fingerprint density at radius 1 is 1.40 bits per heavy atom. The second-order valence-corrected chi connectivity index (χ2v) is 4.09. The summed E-state index contributed by atoms with van der Waals surface area (Å²) in [6.07, 6.45) is 0.767. The molecule has 1 aromatic rings. The molecule has 114 valence electrons. The normalized spacial score (nSPS) is 10.6. The van der Waals surface area contributed by atoms with E-state index in [0.717, 1.165) is 12.0 Å². The first-order chi connectivity index (χ1) is 8.98. The summed E-state index contributed by atoms with van der Waals surface area (Å²) < 4.78 is 30.9. The van der Waals surface area contributed by atoms with Crippen molar-refractivity contribution in [2.45, 2.75) is 19.3 Å². The first-order valence-corrected chi connectivity index (χ1v) is 6.04. The van der Waals surface area contributed by atoms with Crippen LogP contribution in [0, 0.1) is 0 Å². The number of aryl methyl sites for hydroxylation is 1. The van der Waals surface area contributed by atoms with Crippen LogP contribution in [-0.2, 0) is 11.2 Å². The molecular formula is C13H19ClF2N2O2. The van der Waals surface area contributed by atoms with Crippen molar-refractivity contribution in [3.05, 3.63) is 29.8 Å². The molecule has 0 saturated carbocycles. The molecule has 1 aromatic carbocycles. The number of rotatable bonds is 7. The minimum absolute atomic E-state index is 0. The largest absolute Gasteiger partial charge is 0.483 e. The highest BCUT2D eigenvalue weighted by Gasteiger charge is 2.27. The number of amides is 1. The van der Waals surface area contributed by atoms with Crippen molar-refractivity contribution in [1.82, 2.24) is 5.32 Å². The van der Waals surface area contributed by atoms with Crippen molar-refractivity contribution in [2.24, 2.45) is 5.73 Å². The fourth-order valence-electron chi connectivity index (χ4n) is 1.43. The number of para-hydroxylation sites is 1. The van der Waals surface area contributed by atoms with Crippen LogP contribution in [0.4, 0.5) is 8.78 Å². The minimum atomic E-state index is -3.09. The Morgan fingerprint density at radius 3 is 2.65 bits per heavy atom. The molecule has 0 unspecified atom stereocenters. The van der Waals surface area contributed by atoms with Gasteiger partial charge in [0.25, 0.3) is 11.8 Å². The van der Waals surface area contributed by atoms with Crippen molar-refractivity contribution in [1.29, 1.82) is 0 Å². The molecule has 1 amide bonds. The molecule has 0 aliphatic heterocycles. The zero-order valence-electron chi connectivity index (χ0n) is 11.2.